The topological polar surface area (TPSA) is 63.4 Å². The third-order valence-electron chi connectivity index (χ3n) is 4.02. The number of halogens is 1. The molecule has 0 radical (unpaired) electrons. The van der Waals surface area contributed by atoms with Crippen molar-refractivity contribution in [3.63, 3.8) is 0 Å². The van der Waals surface area contributed by atoms with Gasteiger partial charge in [-0.05, 0) is 18.0 Å². The molecule has 7 heteroatoms. The second-order valence-electron chi connectivity index (χ2n) is 5.78. The average molecular weight is 303 g/mol. The van der Waals surface area contributed by atoms with Crippen molar-refractivity contribution in [3.8, 4) is 0 Å². The molecule has 0 aliphatic carbocycles. The molecule has 2 aliphatic heterocycles. The number of rotatable bonds is 2. The lowest BCUT2D eigenvalue weighted by molar-refractivity contribution is -0.0801. The lowest BCUT2D eigenvalue weighted by atomic mass is 9.90. The number of anilines is 1. The molecule has 0 bridgehead atoms. The molecule has 0 aromatic carbocycles. The molecule has 3 heterocycles. The van der Waals surface area contributed by atoms with Gasteiger partial charge in [-0.3, -0.25) is 0 Å². The van der Waals surface area contributed by atoms with Crippen molar-refractivity contribution in [2.75, 3.05) is 37.7 Å². The Morgan fingerprint density at radius 2 is 2.05 bits per heavy atom. The Bertz CT molecular complexity index is 422. The van der Waals surface area contributed by atoms with Gasteiger partial charge in [-0.1, -0.05) is 13.8 Å². The summed E-state index contributed by atoms with van der Waals surface area (Å²) in [4.78, 5) is 6.65. The van der Waals surface area contributed by atoms with Crippen LogP contribution in [-0.2, 0) is 4.74 Å². The van der Waals surface area contributed by atoms with Crippen LogP contribution in [0.1, 0.15) is 38.5 Å². The van der Waals surface area contributed by atoms with E-state index >= 15 is 0 Å². The van der Waals surface area contributed by atoms with Gasteiger partial charge in [-0.15, -0.1) is 12.4 Å². The Kier molecular flexibility index (Phi) is 4.88. The van der Waals surface area contributed by atoms with E-state index in [0.29, 0.717) is 5.89 Å². The molecule has 0 saturated carbocycles. The monoisotopic (exact) mass is 302 g/mol. The van der Waals surface area contributed by atoms with Gasteiger partial charge in [-0.2, -0.15) is 4.98 Å². The van der Waals surface area contributed by atoms with Crippen molar-refractivity contribution >= 4 is 18.4 Å². The number of aromatic nitrogens is 2. The molecule has 114 valence electrons. The van der Waals surface area contributed by atoms with Gasteiger partial charge in [0.05, 0.1) is 12.2 Å². The first kappa shape index (κ1) is 15.5. The highest BCUT2D eigenvalue weighted by molar-refractivity contribution is 5.85. The smallest absolute Gasteiger partial charge is 0.266 e. The van der Waals surface area contributed by atoms with Crippen LogP contribution in [0, 0.1) is 0 Å². The lowest BCUT2D eigenvalue weighted by Gasteiger charge is -2.43. The van der Waals surface area contributed by atoms with Crippen molar-refractivity contribution in [2.24, 2.45) is 0 Å². The van der Waals surface area contributed by atoms with Crippen LogP contribution < -0.4 is 10.2 Å². The van der Waals surface area contributed by atoms with Crippen molar-refractivity contribution < 1.29 is 9.26 Å². The zero-order valence-electron chi connectivity index (χ0n) is 12.1. The van der Waals surface area contributed by atoms with Crippen LogP contribution in [0.3, 0.4) is 0 Å². The molecular formula is C13H23ClN4O2. The maximum atomic E-state index is 5.98. The molecule has 2 fully saturated rings. The third kappa shape index (κ3) is 3.07. The second-order valence-corrected chi connectivity index (χ2v) is 5.78. The van der Waals surface area contributed by atoms with E-state index in [1.807, 2.05) is 0 Å². The molecule has 2 aliphatic rings. The van der Waals surface area contributed by atoms with Crippen LogP contribution in [0.15, 0.2) is 4.52 Å². The highest BCUT2D eigenvalue weighted by atomic mass is 35.5. The highest BCUT2D eigenvalue weighted by Gasteiger charge is 2.37. The van der Waals surface area contributed by atoms with Crippen molar-refractivity contribution in [3.05, 3.63) is 5.89 Å². The molecular weight excluding hydrogens is 280 g/mol. The maximum Gasteiger partial charge on any atom is 0.266 e. The molecule has 3 rings (SSSR count). The van der Waals surface area contributed by atoms with E-state index in [1.54, 1.807) is 0 Å². The summed E-state index contributed by atoms with van der Waals surface area (Å²) in [7, 11) is 0. The highest BCUT2D eigenvalue weighted by Crippen LogP contribution is 2.29. The Morgan fingerprint density at radius 1 is 1.30 bits per heavy atom. The first-order valence-corrected chi connectivity index (χ1v) is 7.12. The zero-order valence-corrected chi connectivity index (χ0v) is 12.9. The number of morpholine rings is 1. The largest absolute Gasteiger partial charge is 0.372 e. The van der Waals surface area contributed by atoms with E-state index in [2.05, 4.69) is 34.2 Å². The standard InChI is InChI=1S/C13H22N4O2.ClH/c1-10(2)11-15-12(16-19-11)17-6-3-13(4-7-17)9-14-5-8-18-13;/h10,14H,3-9H2,1-2H3;1H. The van der Waals surface area contributed by atoms with Crippen LogP contribution in [0.25, 0.3) is 0 Å². The zero-order chi connectivity index (χ0) is 13.3. The van der Waals surface area contributed by atoms with E-state index in [-0.39, 0.29) is 23.9 Å². The number of ether oxygens (including phenoxy) is 1. The molecule has 1 spiro atoms. The number of hydrogen-bond donors (Lipinski definition) is 1. The van der Waals surface area contributed by atoms with Gasteiger partial charge in [0, 0.05) is 32.1 Å². The SMILES string of the molecule is CC(C)c1nc(N2CCC3(CC2)CNCCO3)no1.Cl. The van der Waals surface area contributed by atoms with E-state index in [0.717, 1.165) is 51.6 Å². The number of piperidine rings is 1. The van der Waals surface area contributed by atoms with Crippen molar-refractivity contribution in [1.82, 2.24) is 15.5 Å². The summed E-state index contributed by atoms with van der Waals surface area (Å²) in [5.41, 5.74) is 0.0271. The third-order valence-corrected chi connectivity index (χ3v) is 4.02. The normalized spacial score (nSPS) is 22.1. The summed E-state index contributed by atoms with van der Waals surface area (Å²) in [6, 6.07) is 0. The minimum absolute atomic E-state index is 0. The fourth-order valence-electron chi connectivity index (χ4n) is 2.73. The molecule has 1 N–H and O–H groups in total. The molecule has 0 unspecified atom stereocenters. The molecule has 2 saturated heterocycles. The predicted octanol–water partition coefficient (Wildman–Crippen LogP) is 1.57. The van der Waals surface area contributed by atoms with Crippen molar-refractivity contribution in [2.45, 2.75) is 38.2 Å². The fourth-order valence-corrected chi connectivity index (χ4v) is 2.73. The van der Waals surface area contributed by atoms with Gasteiger partial charge in [-0.25, -0.2) is 0 Å². The number of nitrogens with one attached hydrogen (secondary N) is 1. The van der Waals surface area contributed by atoms with E-state index in [4.69, 9.17) is 9.26 Å². The summed E-state index contributed by atoms with van der Waals surface area (Å²) in [6.45, 7) is 8.73. The van der Waals surface area contributed by atoms with Crippen LogP contribution in [-0.4, -0.2) is 48.5 Å². The number of nitrogens with zero attached hydrogens (tertiary/aromatic N) is 3. The Morgan fingerprint density at radius 3 is 2.60 bits per heavy atom. The van der Waals surface area contributed by atoms with E-state index in [9.17, 15) is 0 Å². The Hall–Kier alpha value is -0.850. The van der Waals surface area contributed by atoms with Gasteiger partial charge >= 0.3 is 0 Å². The van der Waals surface area contributed by atoms with E-state index < -0.39 is 0 Å². The summed E-state index contributed by atoms with van der Waals surface area (Å²) in [5.74, 6) is 1.72. The van der Waals surface area contributed by atoms with Crippen LogP contribution in [0.2, 0.25) is 0 Å². The van der Waals surface area contributed by atoms with Crippen LogP contribution >= 0.6 is 12.4 Å². The van der Waals surface area contributed by atoms with E-state index in [1.165, 1.54) is 0 Å². The summed E-state index contributed by atoms with van der Waals surface area (Å²) < 4.78 is 11.3. The molecule has 1 aromatic rings. The summed E-state index contributed by atoms with van der Waals surface area (Å²) in [5, 5.41) is 7.50. The predicted molar refractivity (Wildman–Crippen MR) is 78.6 cm³/mol. The van der Waals surface area contributed by atoms with Gasteiger partial charge < -0.3 is 19.5 Å². The minimum atomic E-state index is 0. The first-order valence-electron chi connectivity index (χ1n) is 7.12. The Balaban J connectivity index is 0.00000147. The quantitative estimate of drug-likeness (QED) is 0.895. The van der Waals surface area contributed by atoms with Gasteiger partial charge in [0.1, 0.15) is 0 Å². The maximum absolute atomic E-state index is 5.98. The molecule has 0 amide bonds. The number of hydrogen-bond acceptors (Lipinski definition) is 6. The van der Waals surface area contributed by atoms with Crippen LogP contribution in [0.4, 0.5) is 5.95 Å². The lowest BCUT2D eigenvalue weighted by Crippen LogP contribution is -2.55. The molecule has 20 heavy (non-hydrogen) atoms. The minimum Gasteiger partial charge on any atom is -0.372 e. The Labute approximate surface area is 125 Å². The summed E-state index contributed by atoms with van der Waals surface area (Å²) >= 11 is 0. The van der Waals surface area contributed by atoms with Crippen LogP contribution in [0.5, 0.6) is 0 Å². The van der Waals surface area contributed by atoms with Crippen molar-refractivity contribution in [1.29, 1.82) is 0 Å². The van der Waals surface area contributed by atoms with Gasteiger partial charge in [0.2, 0.25) is 5.89 Å². The second kappa shape index (κ2) is 6.28. The molecule has 6 nitrogen and oxygen atoms in total. The van der Waals surface area contributed by atoms with Gasteiger partial charge in [0.15, 0.2) is 0 Å². The molecule has 1 aromatic heterocycles. The average Bonchev–Trinajstić information content (AvgIpc) is 2.90. The molecule has 0 atom stereocenters. The first-order chi connectivity index (χ1) is 9.19. The van der Waals surface area contributed by atoms with Gasteiger partial charge in [0.25, 0.3) is 5.95 Å². The summed E-state index contributed by atoms with van der Waals surface area (Å²) in [6.07, 6.45) is 2.04. The fraction of sp³-hybridized carbons (Fsp3) is 0.846.